The lowest BCUT2D eigenvalue weighted by Crippen LogP contribution is -2.48. The number of nitrogens with two attached hydrogens (primary N) is 1. The zero-order chi connectivity index (χ0) is 16.4. The molecule has 120 valence electrons. The van der Waals surface area contributed by atoms with Crippen molar-refractivity contribution in [1.82, 2.24) is 9.62 Å². The van der Waals surface area contributed by atoms with E-state index < -0.39 is 26.3 Å². The molecule has 0 atom stereocenters. The minimum absolute atomic E-state index is 0.0646. The standard InChI is InChI=1S/C13H21ClFN3O2S/c1-13(2,18(3)4)8-17-21(19,20)11-6-10(14)5-9(7-16)12(11)15/h5-6,17H,7-8,16H2,1-4H3. The van der Waals surface area contributed by atoms with Crippen molar-refractivity contribution in [3.8, 4) is 0 Å². The molecule has 1 aromatic carbocycles. The van der Waals surface area contributed by atoms with Gasteiger partial charge in [0.2, 0.25) is 10.0 Å². The molecule has 1 aromatic rings. The van der Waals surface area contributed by atoms with Crippen molar-refractivity contribution in [2.24, 2.45) is 5.73 Å². The summed E-state index contributed by atoms with van der Waals surface area (Å²) in [5, 5.41) is 0.129. The van der Waals surface area contributed by atoms with Gasteiger partial charge in [-0.2, -0.15) is 0 Å². The van der Waals surface area contributed by atoms with Crippen LogP contribution in [0.2, 0.25) is 5.02 Å². The summed E-state index contributed by atoms with van der Waals surface area (Å²) < 4.78 is 41.1. The largest absolute Gasteiger partial charge is 0.326 e. The predicted molar refractivity (Wildman–Crippen MR) is 82.3 cm³/mol. The quantitative estimate of drug-likeness (QED) is 0.826. The van der Waals surface area contributed by atoms with Crippen molar-refractivity contribution in [3.05, 3.63) is 28.5 Å². The molecule has 0 spiro atoms. The van der Waals surface area contributed by atoms with Gasteiger partial charge >= 0.3 is 0 Å². The van der Waals surface area contributed by atoms with Crippen molar-refractivity contribution in [2.45, 2.75) is 30.8 Å². The fourth-order valence-corrected chi connectivity index (χ4v) is 3.12. The molecule has 0 aromatic heterocycles. The van der Waals surface area contributed by atoms with Gasteiger partial charge < -0.3 is 10.6 Å². The molecular weight excluding hydrogens is 317 g/mol. The van der Waals surface area contributed by atoms with Crippen molar-refractivity contribution < 1.29 is 12.8 Å². The van der Waals surface area contributed by atoms with E-state index in [9.17, 15) is 12.8 Å². The normalized spacial score (nSPS) is 13.0. The average Bonchev–Trinajstić information content (AvgIpc) is 2.38. The third-order valence-corrected chi connectivity index (χ3v) is 5.11. The van der Waals surface area contributed by atoms with Gasteiger partial charge in [0, 0.05) is 29.2 Å². The highest BCUT2D eigenvalue weighted by Crippen LogP contribution is 2.24. The Balaban J connectivity index is 3.12. The Morgan fingerprint density at radius 1 is 1.38 bits per heavy atom. The molecule has 0 aliphatic heterocycles. The van der Waals surface area contributed by atoms with Crippen LogP contribution in [0.15, 0.2) is 17.0 Å². The minimum atomic E-state index is -4.00. The van der Waals surface area contributed by atoms with Crippen LogP contribution in [-0.4, -0.2) is 39.5 Å². The third kappa shape index (κ3) is 4.37. The van der Waals surface area contributed by atoms with Gasteiger partial charge in [-0.1, -0.05) is 11.6 Å². The van der Waals surface area contributed by atoms with Gasteiger partial charge in [-0.25, -0.2) is 17.5 Å². The summed E-state index contributed by atoms with van der Waals surface area (Å²) in [6.07, 6.45) is 0. The van der Waals surface area contributed by atoms with Crippen LogP contribution in [0.1, 0.15) is 19.4 Å². The first-order valence-electron chi connectivity index (χ1n) is 6.36. The average molecular weight is 338 g/mol. The molecule has 1 rings (SSSR count). The highest BCUT2D eigenvalue weighted by molar-refractivity contribution is 7.89. The summed E-state index contributed by atoms with van der Waals surface area (Å²) in [4.78, 5) is 1.39. The number of benzene rings is 1. The Labute approximate surface area is 130 Å². The van der Waals surface area contributed by atoms with E-state index in [1.807, 2.05) is 32.8 Å². The van der Waals surface area contributed by atoms with Gasteiger partial charge in [0.05, 0.1) is 0 Å². The topological polar surface area (TPSA) is 75.4 Å². The molecule has 0 heterocycles. The lowest BCUT2D eigenvalue weighted by molar-refractivity contribution is 0.199. The van der Waals surface area contributed by atoms with Gasteiger partial charge in [-0.05, 0) is 40.1 Å². The molecule has 8 heteroatoms. The van der Waals surface area contributed by atoms with Crippen LogP contribution in [0.5, 0.6) is 0 Å². The summed E-state index contributed by atoms with van der Waals surface area (Å²) in [5.74, 6) is -0.864. The molecule has 0 aliphatic rings. The molecule has 0 saturated carbocycles. The summed E-state index contributed by atoms with van der Waals surface area (Å²) >= 11 is 5.82. The molecule has 21 heavy (non-hydrogen) atoms. The summed E-state index contributed by atoms with van der Waals surface area (Å²) in [7, 11) is -0.336. The van der Waals surface area contributed by atoms with Crippen molar-refractivity contribution in [2.75, 3.05) is 20.6 Å². The number of sulfonamides is 1. The molecular formula is C13H21ClFN3O2S. The highest BCUT2D eigenvalue weighted by Gasteiger charge is 2.27. The number of rotatable bonds is 6. The lowest BCUT2D eigenvalue weighted by Gasteiger charge is -2.32. The van der Waals surface area contributed by atoms with Gasteiger partial charge in [0.1, 0.15) is 10.7 Å². The fraction of sp³-hybridized carbons (Fsp3) is 0.538. The van der Waals surface area contributed by atoms with Crippen molar-refractivity contribution in [1.29, 1.82) is 0 Å². The second-order valence-electron chi connectivity index (χ2n) is 5.61. The Hall–Kier alpha value is -0.730. The first-order valence-corrected chi connectivity index (χ1v) is 8.22. The summed E-state index contributed by atoms with van der Waals surface area (Å²) in [6.45, 7) is 3.74. The van der Waals surface area contributed by atoms with Gasteiger partial charge in [-0.15, -0.1) is 0 Å². The van der Waals surface area contributed by atoms with Crippen LogP contribution in [0.4, 0.5) is 4.39 Å². The Bertz CT molecular complexity index is 618. The molecule has 0 saturated heterocycles. The molecule has 0 amide bonds. The minimum Gasteiger partial charge on any atom is -0.326 e. The van der Waals surface area contributed by atoms with E-state index in [-0.39, 0.29) is 23.7 Å². The smallest absolute Gasteiger partial charge is 0.243 e. The molecule has 0 aliphatic carbocycles. The van der Waals surface area contributed by atoms with Crippen LogP contribution in [0, 0.1) is 5.82 Å². The molecule has 0 fully saturated rings. The fourth-order valence-electron chi connectivity index (χ4n) is 1.47. The molecule has 0 unspecified atom stereocenters. The first-order chi connectivity index (χ1) is 9.51. The molecule has 0 bridgehead atoms. The van der Waals surface area contributed by atoms with Crippen LogP contribution < -0.4 is 10.5 Å². The Morgan fingerprint density at radius 3 is 2.43 bits per heavy atom. The van der Waals surface area contributed by atoms with Crippen molar-refractivity contribution in [3.63, 3.8) is 0 Å². The van der Waals surface area contributed by atoms with Gasteiger partial charge in [0.25, 0.3) is 0 Å². The van der Waals surface area contributed by atoms with Gasteiger partial charge in [0.15, 0.2) is 0 Å². The zero-order valence-electron chi connectivity index (χ0n) is 12.6. The third-order valence-electron chi connectivity index (χ3n) is 3.49. The van der Waals surface area contributed by atoms with E-state index in [4.69, 9.17) is 17.3 Å². The molecule has 5 nitrogen and oxygen atoms in total. The summed E-state index contributed by atoms with van der Waals surface area (Å²) in [6, 6.07) is 2.40. The number of nitrogens with zero attached hydrogens (tertiary/aromatic N) is 1. The van der Waals surface area contributed by atoms with E-state index in [0.717, 1.165) is 6.07 Å². The number of hydrogen-bond acceptors (Lipinski definition) is 4. The SMILES string of the molecule is CN(C)C(C)(C)CNS(=O)(=O)c1cc(Cl)cc(CN)c1F. The lowest BCUT2D eigenvalue weighted by atomic mass is 10.1. The number of halogens is 2. The maximum atomic E-state index is 14.2. The predicted octanol–water partition coefficient (Wildman–Crippen LogP) is 1.56. The second kappa shape index (κ2) is 6.58. The van der Waals surface area contributed by atoms with E-state index >= 15 is 0 Å². The van der Waals surface area contributed by atoms with Crippen LogP contribution in [-0.2, 0) is 16.6 Å². The Kier molecular flexibility index (Phi) is 5.74. The highest BCUT2D eigenvalue weighted by atomic mass is 35.5. The second-order valence-corrected chi connectivity index (χ2v) is 7.78. The monoisotopic (exact) mass is 337 g/mol. The maximum Gasteiger partial charge on any atom is 0.243 e. The van der Waals surface area contributed by atoms with E-state index in [0.29, 0.717) is 0 Å². The summed E-state index contributed by atoms with van der Waals surface area (Å²) in [5.41, 5.74) is 5.04. The number of likely N-dealkylation sites (N-methyl/N-ethyl adjacent to an activating group) is 1. The van der Waals surface area contributed by atoms with Crippen LogP contribution in [0.25, 0.3) is 0 Å². The molecule has 0 radical (unpaired) electrons. The molecule has 3 N–H and O–H groups in total. The van der Waals surface area contributed by atoms with E-state index in [1.165, 1.54) is 6.07 Å². The van der Waals surface area contributed by atoms with E-state index in [1.54, 1.807) is 0 Å². The Morgan fingerprint density at radius 2 is 1.95 bits per heavy atom. The van der Waals surface area contributed by atoms with Crippen molar-refractivity contribution >= 4 is 21.6 Å². The van der Waals surface area contributed by atoms with Crippen LogP contribution >= 0.6 is 11.6 Å². The first kappa shape index (κ1) is 18.3. The van der Waals surface area contributed by atoms with E-state index in [2.05, 4.69) is 4.72 Å². The zero-order valence-corrected chi connectivity index (χ0v) is 14.1. The number of hydrogen-bond donors (Lipinski definition) is 2. The van der Waals surface area contributed by atoms with Gasteiger partial charge in [-0.3, -0.25) is 0 Å². The van der Waals surface area contributed by atoms with Crippen LogP contribution in [0.3, 0.4) is 0 Å². The number of nitrogens with one attached hydrogen (secondary N) is 1. The maximum absolute atomic E-state index is 14.2.